The maximum atomic E-state index is 11.5. The van der Waals surface area contributed by atoms with Crippen molar-refractivity contribution >= 4 is 9.84 Å². The Labute approximate surface area is 135 Å². The number of aromatic nitrogens is 2. The molecule has 0 saturated carbocycles. The van der Waals surface area contributed by atoms with Crippen molar-refractivity contribution in [2.75, 3.05) is 19.5 Å². The van der Waals surface area contributed by atoms with E-state index >= 15 is 0 Å². The van der Waals surface area contributed by atoms with E-state index in [9.17, 15) is 8.42 Å². The van der Waals surface area contributed by atoms with Crippen LogP contribution in [0.4, 0.5) is 0 Å². The summed E-state index contributed by atoms with van der Waals surface area (Å²) >= 11 is 0. The number of hydrogen-bond acceptors (Lipinski definition) is 7. The molecule has 23 heavy (non-hydrogen) atoms. The second-order valence-electron chi connectivity index (χ2n) is 4.85. The maximum Gasteiger partial charge on any atom is 0.232 e. The number of rotatable bonds is 8. The summed E-state index contributed by atoms with van der Waals surface area (Å²) < 4.78 is 39.0. The lowest BCUT2D eigenvalue weighted by atomic mass is 10.2. The van der Waals surface area contributed by atoms with Crippen molar-refractivity contribution < 1.29 is 22.4 Å². The van der Waals surface area contributed by atoms with Crippen LogP contribution in [0.3, 0.4) is 0 Å². The largest absolute Gasteiger partial charge is 0.352 e. The van der Waals surface area contributed by atoms with Gasteiger partial charge in [-0.3, -0.25) is 0 Å². The molecule has 2 aromatic rings. The summed E-state index contributed by atoms with van der Waals surface area (Å²) in [7, 11) is -3.22. The lowest BCUT2D eigenvalue weighted by Gasteiger charge is -2.14. The van der Waals surface area contributed by atoms with E-state index in [4.69, 9.17) is 14.0 Å². The molecule has 0 amide bonds. The van der Waals surface area contributed by atoms with Crippen molar-refractivity contribution in [2.45, 2.75) is 31.5 Å². The highest BCUT2D eigenvalue weighted by Crippen LogP contribution is 2.19. The number of nitrogens with zero attached hydrogens (tertiary/aromatic N) is 2. The summed E-state index contributed by atoms with van der Waals surface area (Å²) in [5.41, 5.74) is 0.678. The van der Waals surface area contributed by atoms with E-state index in [1.165, 1.54) is 12.1 Å². The van der Waals surface area contributed by atoms with E-state index in [0.717, 1.165) is 6.26 Å². The molecule has 0 spiro atoms. The number of hydrogen-bond donors (Lipinski definition) is 0. The fourth-order valence-corrected chi connectivity index (χ4v) is 2.62. The van der Waals surface area contributed by atoms with Gasteiger partial charge < -0.3 is 14.0 Å². The van der Waals surface area contributed by atoms with Gasteiger partial charge in [-0.05, 0) is 38.1 Å². The van der Waals surface area contributed by atoms with Crippen molar-refractivity contribution in [2.24, 2.45) is 0 Å². The van der Waals surface area contributed by atoms with Gasteiger partial charge in [-0.2, -0.15) is 4.98 Å². The summed E-state index contributed by atoms with van der Waals surface area (Å²) in [6.45, 7) is 4.82. The van der Waals surface area contributed by atoms with E-state index in [2.05, 4.69) is 10.1 Å². The molecular formula is C15H20N2O5S. The summed E-state index contributed by atoms with van der Waals surface area (Å²) in [4.78, 5) is 4.54. The SMILES string of the molecule is CCOC(Cc1nc(-c2ccc(S(C)(=O)=O)cc2)no1)OCC. The molecular weight excluding hydrogens is 320 g/mol. The van der Waals surface area contributed by atoms with Gasteiger partial charge in [0.15, 0.2) is 16.1 Å². The Hall–Kier alpha value is -1.77. The fourth-order valence-electron chi connectivity index (χ4n) is 1.99. The molecule has 0 radical (unpaired) electrons. The Balaban J connectivity index is 2.12. The van der Waals surface area contributed by atoms with Gasteiger partial charge >= 0.3 is 0 Å². The zero-order valence-corrected chi connectivity index (χ0v) is 14.2. The number of ether oxygens (including phenoxy) is 2. The topological polar surface area (TPSA) is 91.5 Å². The van der Waals surface area contributed by atoms with Crippen LogP contribution in [0.2, 0.25) is 0 Å². The smallest absolute Gasteiger partial charge is 0.232 e. The molecule has 1 aromatic carbocycles. The van der Waals surface area contributed by atoms with E-state index < -0.39 is 16.1 Å². The van der Waals surface area contributed by atoms with Crippen LogP contribution in [-0.4, -0.2) is 44.3 Å². The minimum atomic E-state index is -3.22. The highest BCUT2D eigenvalue weighted by Gasteiger charge is 2.16. The predicted octanol–water partition coefficient (Wildman–Crippen LogP) is 2.08. The standard InChI is InChI=1S/C15H20N2O5S/c1-4-20-14(21-5-2)10-13-16-15(17-22-13)11-6-8-12(9-7-11)23(3,18)19/h6-9,14H,4-5,10H2,1-3H3. The van der Waals surface area contributed by atoms with Gasteiger partial charge in [0.2, 0.25) is 11.7 Å². The Morgan fingerprint density at radius 2 is 1.74 bits per heavy atom. The summed E-state index contributed by atoms with van der Waals surface area (Å²) in [6, 6.07) is 6.33. The average Bonchev–Trinajstić information content (AvgIpc) is 2.95. The predicted molar refractivity (Wildman–Crippen MR) is 83.6 cm³/mol. The van der Waals surface area contributed by atoms with Crippen LogP contribution in [-0.2, 0) is 25.7 Å². The van der Waals surface area contributed by atoms with Crippen LogP contribution in [0, 0.1) is 0 Å². The maximum absolute atomic E-state index is 11.5. The normalized spacial score (nSPS) is 12.0. The lowest BCUT2D eigenvalue weighted by molar-refractivity contribution is -0.137. The van der Waals surface area contributed by atoms with Crippen LogP contribution in [0.5, 0.6) is 0 Å². The minimum absolute atomic E-state index is 0.248. The van der Waals surface area contributed by atoms with Gasteiger partial charge in [0.1, 0.15) is 0 Å². The monoisotopic (exact) mass is 340 g/mol. The first-order valence-corrected chi connectivity index (χ1v) is 9.19. The Bertz CT molecular complexity index is 719. The molecule has 1 heterocycles. The second kappa shape index (κ2) is 7.67. The van der Waals surface area contributed by atoms with E-state index in [0.29, 0.717) is 36.9 Å². The number of sulfone groups is 1. The fraction of sp³-hybridized carbons (Fsp3) is 0.467. The quantitative estimate of drug-likeness (QED) is 0.679. The zero-order valence-electron chi connectivity index (χ0n) is 13.4. The molecule has 7 nitrogen and oxygen atoms in total. The second-order valence-corrected chi connectivity index (χ2v) is 6.87. The molecule has 126 valence electrons. The van der Waals surface area contributed by atoms with Crippen molar-refractivity contribution in [1.29, 1.82) is 0 Å². The molecule has 0 saturated heterocycles. The molecule has 0 aliphatic carbocycles. The third-order valence-electron chi connectivity index (χ3n) is 3.06. The molecule has 2 rings (SSSR count). The summed E-state index contributed by atoms with van der Waals surface area (Å²) in [6.07, 6.45) is 1.09. The van der Waals surface area contributed by atoms with Gasteiger partial charge in [-0.25, -0.2) is 8.42 Å². The van der Waals surface area contributed by atoms with Crippen molar-refractivity contribution in [1.82, 2.24) is 10.1 Å². The van der Waals surface area contributed by atoms with Gasteiger partial charge in [0.25, 0.3) is 0 Å². The summed E-state index contributed by atoms with van der Waals surface area (Å²) in [5, 5.41) is 3.90. The summed E-state index contributed by atoms with van der Waals surface area (Å²) in [5.74, 6) is 0.797. The van der Waals surface area contributed by atoms with Crippen LogP contribution >= 0.6 is 0 Å². The highest BCUT2D eigenvalue weighted by atomic mass is 32.2. The number of benzene rings is 1. The molecule has 0 aliphatic rings. The molecule has 0 bridgehead atoms. The lowest BCUT2D eigenvalue weighted by Crippen LogP contribution is -2.20. The Morgan fingerprint density at radius 3 is 2.26 bits per heavy atom. The van der Waals surface area contributed by atoms with Crippen LogP contribution in [0.25, 0.3) is 11.4 Å². The molecule has 0 N–H and O–H groups in total. The molecule has 0 unspecified atom stereocenters. The molecule has 1 aromatic heterocycles. The Morgan fingerprint density at radius 1 is 1.13 bits per heavy atom. The van der Waals surface area contributed by atoms with Crippen molar-refractivity contribution in [3.63, 3.8) is 0 Å². The molecule has 0 atom stereocenters. The zero-order chi connectivity index (χ0) is 16.9. The molecule has 0 aliphatic heterocycles. The van der Waals surface area contributed by atoms with E-state index in [-0.39, 0.29) is 4.90 Å². The first-order chi connectivity index (χ1) is 10.9. The highest BCUT2D eigenvalue weighted by molar-refractivity contribution is 7.90. The third-order valence-corrected chi connectivity index (χ3v) is 4.18. The molecule has 8 heteroatoms. The van der Waals surface area contributed by atoms with Gasteiger partial charge in [0, 0.05) is 25.0 Å². The van der Waals surface area contributed by atoms with Crippen LogP contribution in [0.15, 0.2) is 33.7 Å². The Kier molecular flexibility index (Phi) is 5.86. The van der Waals surface area contributed by atoms with Crippen LogP contribution < -0.4 is 0 Å². The molecule has 0 fully saturated rings. The first kappa shape index (κ1) is 17.6. The van der Waals surface area contributed by atoms with Gasteiger partial charge in [-0.1, -0.05) is 5.16 Å². The first-order valence-electron chi connectivity index (χ1n) is 7.30. The van der Waals surface area contributed by atoms with E-state index in [1.54, 1.807) is 12.1 Å². The minimum Gasteiger partial charge on any atom is -0.352 e. The third kappa shape index (κ3) is 4.85. The average molecular weight is 340 g/mol. The van der Waals surface area contributed by atoms with Gasteiger partial charge in [-0.15, -0.1) is 0 Å². The van der Waals surface area contributed by atoms with Gasteiger partial charge in [0.05, 0.1) is 11.3 Å². The van der Waals surface area contributed by atoms with Crippen molar-refractivity contribution in [3.8, 4) is 11.4 Å². The van der Waals surface area contributed by atoms with E-state index in [1.807, 2.05) is 13.8 Å². The van der Waals surface area contributed by atoms with Crippen molar-refractivity contribution in [3.05, 3.63) is 30.2 Å². The van der Waals surface area contributed by atoms with Crippen LogP contribution in [0.1, 0.15) is 19.7 Å².